The van der Waals surface area contributed by atoms with E-state index in [0.717, 1.165) is 6.42 Å². The lowest BCUT2D eigenvalue weighted by atomic mass is 9.83. The quantitative estimate of drug-likeness (QED) is 0.728. The summed E-state index contributed by atoms with van der Waals surface area (Å²) >= 11 is 0. The second kappa shape index (κ2) is 7.04. The van der Waals surface area contributed by atoms with E-state index < -0.39 is 25.0 Å². The van der Waals surface area contributed by atoms with Gasteiger partial charge in [0.05, 0.1) is 5.75 Å². The Balaban J connectivity index is 2.34. The highest BCUT2D eigenvalue weighted by Crippen LogP contribution is 2.30. The van der Waals surface area contributed by atoms with Crippen LogP contribution in [0.15, 0.2) is 0 Å². The Hall–Kier alpha value is -0.140. The van der Waals surface area contributed by atoms with Crippen molar-refractivity contribution in [2.24, 2.45) is 11.8 Å². The average molecular weight is 312 g/mol. The van der Waals surface area contributed by atoms with E-state index in [0.29, 0.717) is 12.3 Å². The Labute approximate surface area is 116 Å². The molecule has 19 heavy (non-hydrogen) atoms. The van der Waals surface area contributed by atoms with E-state index in [1.807, 2.05) is 6.92 Å². The second-order valence-electron chi connectivity index (χ2n) is 5.78. The standard InChI is InChI=1S/C12H24O5S2/c1-11(9-12-5-3-2-4-6-12)7-8-18(13,14)10-19(15,16)17/h11-12H,2-10H2,1H3,(H,15,16,17). The lowest BCUT2D eigenvalue weighted by Crippen LogP contribution is -2.20. The van der Waals surface area contributed by atoms with E-state index in [1.54, 1.807) is 0 Å². The van der Waals surface area contributed by atoms with Crippen molar-refractivity contribution in [2.45, 2.75) is 51.9 Å². The first-order valence-corrected chi connectivity index (χ1v) is 10.3. The summed E-state index contributed by atoms with van der Waals surface area (Å²) in [6.45, 7) is 2.01. The Morgan fingerprint density at radius 2 is 1.68 bits per heavy atom. The Morgan fingerprint density at radius 3 is 2.21 bits per heavy atom. The van der Waals surface area contributed by atoms with Gasteiger partial charge in [0.15, 0.2) is 14.9 Å². The van der Waals surface area contributed by atoms with Gasteiger partial charge in [0.2, 0.25) is 0 Å². The molecule has 1 saturated carbocycles. The first-order valence-electron chi connectivity index (χ1n) is 6.83. The molecule has 1 N–H and O–H groups in total. The minimum Gasteiger partial charge on any atom is -0.285 e. The predicted octanol–water partition coefficient (Wildman–Crippen LogP) is 2.24. The third kappa shape index (κ3) is 7.89. The molecule has 7 heteroatoms. The van der Waals surface area contributed by atoms with Crippen molar-refractivity contribution in [1.82, 2.24) is 0 Å². The van der Waals surface area contributed by atoms with E-state index in [9.17, 15) is 16.8 Å². The topological polar surface area (TPSA) is 88.5 Å². The Kier molecular flexibility index (Phi) is 6.26. The largest absolute Gasteiger partial charge is 0.285 e. The molecule has 0 aromatic rings. The molecule has 0 aromatic carbocycles. The SMILES string of the molecule is CC(CCS(=O)(=O)CS(=O)(=O)O)CC1CCCCC1. The Bertz CT molecular complexity index is 460. The average Bonchev–Trinajstić information content (AvgIpc) is 2.25. The zero-order valence-corrected chi connectivity index (χ0v) is 13.0. The molecule has 0 amide bonds. The van der Waals surface area contributed by atoms with E-state index in [2.05, 4.69) is 0 Å². The molecular weight excluding hydrogens is 288 g/mol. The lowest BCUT2D eigenvalue weighted by molar-refractivity contribution is 0.293. The van der Waals surface area contributed by atoms with E-state index in [4.69, 9.17) is 4.55 Å². The molecule has 1 atom stereocenters. The molecule has 1 unspecified atom stereocenters. The van der Waals surface area contributed by atoms with E-state index in [1.165, 1.54) is 32.1 Å². The monoisotopic (exact) mass is 312 g/mol. The summed E-state index contributed by atoms with van der Waals surface area (Å²) in [5.74, 6) is 0.799. The van der Waals surface area contributed by atoms with Gasteiger partial charge in [-0.2, -0.15) is 8.42 Å². The number of hydrogen-bond acceptors (Lipinski definition) is 4. The van der Waals surface area contributed by atoms with Gasteiger partial charge in [-0.25, -0.2) is 8.42 Å². The zero-order valence-electron chi connectivity index (χ0n) is 11.4. The molecular formula is C12H24O5S2. The van der Waals surface area contributed by atoms with Crippen LogP contribution < -0.4 is 0 Å². The highest BCUT2D eigenvalue weighted by atomic mass is 32.3. The van der Waals surface area contributed by atoms with Crippen molar-refractivity contribution in [1.29, 1.82) is 0 Å². The predicted molar refractivity (Wildman–Crippen MR) is 75.2 cm³/mol. The van der Waals surface area contributed by atoms with Crippen LogP contribution in [0.25, 0.3) is 0 Å². The van der Waals surface area contributed by atoms with Gasteiger partial charge in [0.25, 0.3) is 10.1 Å². The van der Waals surface area contributed by atoms with Crippen LogP contribution in [-0.2, 0) is 20.0 Å². The highest BCUT2D eigenvalue weighted by Gasteiger charge is 2.22. The van der Waals surface area contributed by atoms with Crippen LogP contribution in [0.2, 0.25) is 0 Å². The smallest absolute Gasteiger partial charge is 0.279 e. The molecule has 0 saturated heterocycles. The van der Waals surface area contributed by atoms with Crippen molar-refractivity contribution < 1.29 is 21.4 Å². The summed E-state index contributed by atoms with van der Waals surface area (Å²) in [4.78, 5) is 0. The molecule has 1 aliphatic rings. The molecule has 1 rings (SSSR count). The lowest BCUT2D eigenvalue weighted by Gasteiger charge is -2.24. The van der Waals surface area contributed by atoms with Crippen molar-refractivity contribution in [2.75, 3.05) is 10.8 Å². The maximum absolute atomic E-state index is 11.5. The van der Waals surface area contributed by atoms with Gasteiger partial charge < -0.3 is 0 Å². The molecule has 114 valence electrons. The van der Waals surface area contributed by atoms with Crippen LogP contribution in [0.4, 0.5) is 0 Å². The van der Waals surface area contributed by atoms with Gasteiger partial charge >= 0.3 is 0 Å². The van der Waals surface area contributed by atoms with Crippen LogP contribution in [0.3, 0.4) is 0 Å². The molecule has 0 radical (unpaired) electrons. The summed E-state index contributed by atoms with van der Waals surface area (Å²) in [6, 6.07) is 0. The number of rotatable bonds is 7. The van der Waals surface area contributed by atoms with Gasteiger partial charge in [-0.3, -0.25) is 4.55 Å². The first kappa shape index (κ1) is 16.9. The fraction of sp³-hybridized carbons (Fsp3) is 1.00. The minimum atomic E-state index is -4.44. The van der Waals surface area contributed by atoms with E-state index >= 15 is 0 Å². The maximum Gasteiger partial charge on any atom is 0.279 e. The number of sulfone groups is 1. The van der Waals surface area contributed by atoms with Gasteiger partial charge in [0, 0.05) is 0 Å². The van der Waals surface area contributed by atoms with Crippen LogP contribution in [0.1, 0.15) is 51.9 Å². The summed E-state index contributed by atoms with van der Waals surface area (Å²) in [5.41, 5.74) is 0. The van der Waals surface area contributed by atoms with Crippen molar-refractivity contribution in [3.63, 3.8) is 0 Å². The van der Waals surface area contributed by atoms with Crippen molar-refractivity contribution in [3.05, 3.63) is 0 Å². The maximum atomic E-state index is 11.5. The Morgan fingerprint density at radius 1 is 1.11 bits per heavy atom. The van der Waals surface area contributed by atoms with Gasteiger partial charge in [-0.1, -0.05) is 39.0 Å². The highest BCUT2D eigenvalue weighted by molar-refractivity contribution is 8.05. The molecule has 0 bridgehead atoms. The molecule has 0 aromatic heterocycles. The van der Waals surface area contributed by atoms with Gasteiger partial charge in [0.1, 0.15) is 0 Å². The molecule has 0 spiro atoms. The third-order valence-electron chi connectivity index (χ3n) is 3.71. The zero-order chi connectivity index (χ0) is 14.5. The van der Waals surface area contributed by atoms with Crippen molar-refractivity contribution in [3.8, 4) is 0 Å². The summed E-state index contributed by atoms with van der Waals surface area (Å²) in [7, 11) is -8.16. The summed E-state index contributed by atoms with van der Waals surface area (Å²) in [6.07, 6.45) is 7.75. The van der Waals surface area contributed by atoms with Crippen LogP contribution in [-0.4, -0.2) is 32.2 Å². The normalized spacial score (nSPS) is 20.3. The number of hydrogen-bond donors (Lipinski definition) is 1. The first-order chi connectivity index (χ1) is 8.68. The third-order valence-corrected chi connectivity index (χ3v) is 7.20. The molecule has 0 heterocycles. The van der Waals surface area contributed by atoms with Crippen molar-refractivity contribution >= 4 is 20.0 Å². The summed E-state index contributed by atoms with van der Waals surface area (Å²) in [5, 5.41) is -1.16. The van der Waals surface area contributed by atoms with Gasteiger partial charge in [-0.15, -0.1) is 0 Å². The fourth-order valence-electron chi connectivity index (χ4n) is 2.78. The van der Waals surface area contributed by atoms with Crippen LogP contribution in [0, 0.1) is 11.8 Å². The second-order valence-corrected chi connectivity index (χ2v) is 9.78. The minimum absolute atomic E-state index is 0.166. The fourth-order valence-corrected chi connectivity index (χ4v) is 5.82. The van der Waals surface area contributed by atoms with Crippen LogP contribution >= 0.6 is 0 Å². The molecule has 5 nitrogen and oxygen atoms in total. The molecule has 0 aliphatic heterocycles. The van der Waals surface area contributed by atoms with Crippen LogP contribution in [0.5, 0.6) is 0 Å². The molecule has 1 fully saturated rings. The summed E-state index contributed by atoms with van der Waals surface area (Å²) < 4.78 is 52.7. The van der Waals surface area contributed by atoms with E-state index in [-0.39, 0.29) is 11.7 Å². The van der Waals surface area contributed by atoms with Gasteiger partial charge in [-0.05, 0) is 24.7 Å². The molecule has 1 aliphatic carbocycles.